The molecule has 0 atom stereocenters. The van der Waals surface area contributed by atoms with E-state index in [1.54, 1.807) is 6.08 Å². The zero-order chi connectivity index (χ0) is 16.5. The van der Waals surface area contributed by atoms with Crippen LogP contribution in [0.5, 0.6) is 0 Å². The Morgan fingerprint density at radius 1 is 1.41 bits per heavy atom. The van der Waals surface area contributed by atoms with Gasteiger partial charge in [-0.15, -0.1) is 0 Å². The Balaban J connectivity index is 2.58. The van der Waals surface area contributed by atoms with Crippen molar-refractivity contribution in [2.75, 3.05) is 0 Å². The molecule has 0 unspecified atom stereocenters. The monoisotopic (exact) mass is 311 g/mol. The highest BCUT2D eigenvalue weighted by Crippen LogP contribution is 2.20. The summed E-state index contributed by atoms with van der Waals surface area (Å²) in [6, 6.07) is 2.82. The van der Waals surface area contributed by atoms with E-state index in [1.807, 2.05) is 6.92 Å². The van der Waals surface area contributed by atoms with Crippen molar-refractivity contribution >= 4 is 17.8 Å². The first-order chi connectivity index (χ1) is 10.4. The third kappa shape index (κ3) is 5.70. The molecule has 0 aromatic heterocycles. The zero-order valence-corrected chi connectivity index (χ0v) is 11.8. The predicted octanol–water partition coefficient (Wildman–Crippen LogP) is 3.27. The van der Waals surface area contributed by atoms with Crippen LogP contribution in [0.3, 0.4) is 0 Å². The Morgan fingerprint density at radius 2 is 2.14 bits per heavy atom. The summed E-state index contributed by atoms with van der Waals surface area (Å²) in [5.41, 5.74) is -0.542. The van der Waals surface area contributed by atoms with Gasteiger partial charge in [-0.05, 0) is 18.6 Å². The first-order valence-corrected chi connectivity index (χ1v) is 6.42. The first-order valence-electron chi connectivity index (χ1n) is 6.42. The number of halogens is 1. The number of nitrogens with zero attached hydrogens (tertiary/aromatic N) is 1. The number of nitro benzene ring substituents is 1. The Morgan fingerprint density at radius 3 is 2.77 bits per heavy atom. The molecule has 0 saturated heterocycles. The van der Waals surface area contributed by atoms with Crippen LogP contribution < -0.4 is 0 Å². The first kappa shape index (κ1) is 17.3. The van der Waals surface area contributed by atoms with E-state index in [-0.39, 0.29) is 5.56 Å². The maximum Gasteiger partial charge on any atom is 0.516 e. The third-order valence-corrected chi connectivity index (χ3v) is 2.48. The molecule has 1 aromatic rings. The van der Waals surface area contributed by atoms with Crippen molar-refractivity contribution in [1.82, 2.24) is 0 Å². The van der Waals surface area contributed by atoms with E-state index in [4.69, 9.17) is 0 Å². The molecule has 0 bridgehead atoms. The molecular formula is C14H14FNO6. The minimum atomic E-state index is -1.29. The second kappa shape index (κ2) is 8.50. The summed E-state index contributed by atoms with van der Waals surface area (Å²) in [5.74, 6) is -1.68. The van der Waals surface area contributed by atoms with Gasteiger partial charge in [0, 0.05) is 6.08 Å². The number of esters is 1. The average molecular weight is 311 g/mol. The zero-order valence-electron chi connectivity index (χ0n) is 11.8. The van der Waals surface area contributed by atoms with Gasteiger partial charge in [-0.3, -0.25) is 10.1 Å². The highest BCUT2D eigenvalue weighted by Gasteiger charge is 2.17. The minimum Gasteiger partial charge on any atom is -0.429 e. The van der Waals surface area contributed by atoms with Crippen LogP contribution in [0, 0.1) is 15.9 Å². The van der Waals surface area contributed by atoms with Crippen LogP contribution in [0.15, 0.2) is 30.4 Å². The lowest BCUT2D eigenvalue weighted by molar-refractivity contribution is -0.386. The molecule has 0 aliphatic rings. The number of unbranched alkanes of at least 4 members (excludes halogenated alkanes) is 1. The molecule has 1 aromatic carbocycles. The summed E-state index contributed by atoms with van der Waals surface area (Å²) >= 11 is 0. The molecule has 0 N–H and O–H groups in total. The number of carbonyl (C=O) groups excluding carboxylic acids is 2. The Hall–Kier alpha value is -2.77. The lowest BCUT2D eigenvalue weighted by Crippen LogP contribution is -2.12. The molecule has 1 rings (SSSR count). The number of rotatable bonds is 6. The smallest absolute Gasteiger partial charge is 0.429 e. The van der Waals surface area contributed by atoms with Crippen LogP contribution in [0.2, 0.25) is 0 Å². The third-order valence-electron chi connectivity index (χ3n) is 2.48. The van der Waals surface area contributed by atoms with Crippen molar-refractivity contribution in [1.29, 1.82) is 0 Å². The Labute approximate surface area is 125 Å². The number of hydrogen-bond donors (Lipinski definition) is 0. The number of carbonyl (C=O) groups is 2. The van der Waals surface area contributed by atoms with Gasteiger partial charge in [0.05, 0.1) is 16.6 Å². The molecule has 0 fully saturated rings. The Bertz CT molecular complexity index is 599. The normalized spacial score (nSPS) is 10.5. The second-order valence-corrected chi connectivity index (χ2v) is 4.18. The molecule has 0 heterocycles. The maximum atomic E-state index is 12.9. The van der Waals surface area contributed by atoms with Gasteiger partial charge in [-0.2, -0.15) is 0 Å². The largest absolute Gasteiger partial charge is 0.516 e. The molecule has 0 spiro atoms. The number of hydrogen-bond acceptors (Lipinski definition) is 6. The molecule has 7 nitrogen and oxygen atoms in total. The van der Waals surface area contributed by atoms with Gasteiger partial charge in [0.1, 0.15) is 12.4 Å². The summed E-state index contributed by atoms with van der Waals surface area (Å²) in [5, 5.41) is 10.7. The summed E-state index contributed by atoms with van der Waals surface area (Å²) < 4.78 is 21.8. The highest BCUT2D eigenvalue weighted by atomic mass is 19.1. The van der Waals surface area contributed by atoms with Crippen molar-refractivity contribution in [2.24, 2.45) is 0 Å². The van der Waals surface area contributed by atoms with Crippen molar-refractivity contribution < 1.29 is 28.4 Å². The molecule has 8 heteroatoms. The topological polar surface area (TPSA) is 95.7 Å². The number of ether oxygens (including phenoxy) is 2. The molecule has 22 heavy (non-hydrogen) atoms. The summed E-state index contributed by atoms with van der Waals surface area (Å²) in [4.78, 5) is 32.4. The fourth-order valence-corrected chi connectivity index (χ4v) is 1.46. The van der Waals surface area contributed by atoms with E-state index in [0.717, 1.165) is 24.6 Å². The predicted molar refractivity (Wildman–Crippen MR) is 73.4 cm³/mol. The van der Waals surface area contributed by atoms with Gasteiger partial charge in [-0.25, -0.2) is 14.0 Å². The van der Waals surface area contributed by atoms with E-state index < -0.39 is 35.2 Å². The summed E-state index contributed by atoms with van der Waals surface area (Å²) in [7, 11) is 0. The molecular weight excluding hydrogens is 297 g/mol. The van der Waals surface area contributed by atoms with Crippen LogP contribution in [-0.4, -0.2) is 17.0 Å². The molecule has 0 amide bonds. The van der Waals surface area contributed by atoms with Gasteiger partial charge in [0.15, 0.2) is 0 Å². The number of nitro groups is 1. The van der Waals surface area contributed by atoms with Gasteiger partial charge in [0.2, 0.25) is 0 Å². The van der Waals surface area contributed by atoms with Crippen molar-refractivity contribution in [3.63, 3.8) is 0 Å². The van der Waals surface area contributed by atoms with Gasteiger partial charge in [0.25, 0.3) is 5.69 Å². The van der Waals surface area contributed by atoms with Crippen LogP contribution in [0.25, 0.3) is 0 Å². The van der Waals surface area contributed by atoms with E-state index in [2.05, 4.69) is 9.47 Å². The fraction of sp³-hybridized carbons (Fsp3) is 0.286. The standard InChI is InChI=1S/C14H14FNO6/c1-2-3-4-5-13(17)22-14(18)21-9-10-6-7-11(15)8-12(10)16(19)20/h4-8H,2-3,9H2,1H3. The van der Waals surface area contributed by atoms with E-state index in [1.165, 1.54) is 0 Å². The SMILES string of the molecule is CCCC=CC(=O)OC(=O)OCc1ccc(F)cc1[N+](=O)[O-]. The van der Waals surface area contributed by atoms with Crippen molar-refractivity contribution in [3.8, 4) is 0 Å². The van der Waals surface area contributed by atoms with Crippen LogP contribution in [0.4, 0.5) is 14.9 Å². The van der Waals surface area contributed by atoms with E-state index in [9.17, 15) is 24.1 Å². The molecule has 118 valence electrons. The molecule has 0 aliphatic heterocycles. The van der Waals surface area contributed by atoms with Crippen LogP contribution in [-0.2, 0) is 20.9 Å². The van der Waals surface area contributed by atoms with Crippen molar-refractivity contribution in [2.45, 2.75) is 26.4 Å². The molecule has 0 aliphatic carbocycles. The lowest BCUT2D eigenvalue weighted by Gasteiger charge is -2.04. The van der Waals surface area contributed by atoms with E-state index >= 15 is 0 Å². The lowest BCUT2D eigenvalue weighted by atomic mass is 10.2. The van der Waals surface area contributed by atoms with E-state index in [0.29, 0.717) is 12.5 Å². The van der Waals surface area contributed by atoms with Gasteiger partial charge < -0.3 is 9.47 Å². The number of allylic oxidation sites excluding steroid dienone is 1. The van der Waals surface area contributed by atoms with Crippen LogP contribution >= 0.6 is 0 Å². The quantitative estimate of drug-likeness (QED) is 0.263. The number of benzene rings is 1. The van der Waals surface area contributed by atoms with Crippen LogP contribution in [0.1, 0.15) is 25.3 Å². The summed E-state index contributed by atoms with van der Waals surface area (Å²) in [6.07, 6.45) is 2.84. The summed E-state index contributed by atoms with van der Waals surface area (Å²) in [6.45, 7) is 1.40. The fourth-order valence-electron chi connectivity index (χ4n) is 1.46. The Kier molecular flexibility index (Phi) is 6.68. The molecule has 0 radical (unpaired) electrons. The minimum absolute atomic E-state index is 0.0164. The highest BCUT2D eigenvalue weighted by molar-refractivity contribution is 5.89. The van der Waals surface area contributed by atoms with Crippen molar-refractivity contribution in [3.05, 3.63) is 51.8 Å². The average Bonchev–Trinajstić information content (AvgIpc) is 2.46. The second-order valence-electron chi connectivity index (χ2n) is 4.18. The van der Waals surface area contributed by atoms with Gasteiger partial charge >= 0.3 is 12.1 Å². The van der Waals surface area contributed by atoms with Gasteiger partial charge in [-0.1, -0.05) is 19.4 Å². The maximum absolute atomic E-state index is 12.9. The molecule has 0 saturated carbocycles.